The van der Waals surface area contributed by atoms with Crippen molar-refractivity contribution < 1.29 is 4.43 Å². The summed E-state index contributed by atoms with van der Waals surface area (Å²) in [7, 11) is -1.56. The zero-order chi connectivity index (χ0) is 31.0. The first-order valence-electron chi connectivity index (χ1n) is 17.6. The van der Waals surface area contributed by atoms with Gasteiger partial charge < -0.3 is 4.43 Å². The summed E-state index contributed by atoms with van der Waals surface area (Å²) in [5, 5.41) is 0. The van der Waals surface area contributed by atoms with Crippen LogP contribution in [0.2, 0.25) is 19.6 Å². The number of aliphatic imine (C=N–C) groups is 2. The summed E-state index contributed by atoms with van der Waals surface area (Å²) in [6.45, 7) is 27.1. The molecule has 3 nitrogen and oxygen atoms in total. The molecule has 0 radical (unpaired) electrons. The Kier molecular flexibility index (Phi) is 13.6. The molecule has 2 saturated carbocycles. The number of hydrogen-bond acceptors (Lipinski definition) is 3. The zero-order valence-corrected chi connectivity index (χ0v) is 30.3. The van der Waals surface area contributed by atoms with E-state index in [2.05, 4.69) is 105 Å². The summed E-state index contributed by atoms with van der Waals surface area (Å²) in [4.78, 5) is 11.8. The van der Waals surface area contributed by atoms with E-state index in [1.54, 1.807) is 0 Å². The molecule has 4 atom stereocenters. The lowest BCUT2D eigenvalue weighted by Gasteiger charge is -2.41. The molecule has 0 spiro atoms. The average molecular weight is 595 g/mol. The smallest absolute Gasteiger partial charge is 0.183 e. The second-order valence-corrected chi connectivity index (χ2v) is 20.5. The first kappa shape index (κ1) is 35.2. The molecule has 0 saturated heterocycles. The van der Waals surface area contributed by atoms with Crippen LogP contribution >= 0.6 is 0 Å². The Morgan fingerprint density at radius 2 is 1.12 bits per heavy atom. The van der Waals surface area contributed by atoms with Crippen molar-refractivity contribution in [1.82, 2.24) is 0 Å². The number of benzene rings is 1. The van der Waals surface area contributed by atoms with Gasteiger partial charge in [0.1, 0.15) is 0 Å². The van der Waals surface area contributed by atoms with Crippen LogP contribution in [0.15, 0.2) is 40.3 Å². The van der Waals surface area contributed by atoms with Gasteiger partial charge in [0.05, 0.1) is 23.5 Å². The fourth-order valence-electron chi connectivity index (χ4n) is 7.89. The molecular formula is C38H66N2OSi. The van der Waals surface area contributed by atoms with Crippen LogP contribution in [-0.2, 0) is 4.43 Å². The van der Waals surface area contributed by atoms with Gasteiger partial charge >= 0.3 is 0 Å². The summed E-state index contributed by atoms with van der Waals surface area (Å²) in [5.74, 6) is 5.08. The van der Waals surface area contributed by atoms with Gasteiger partial charge in [0.15, 0.2) is 8.32 Å². The van der Waals surface area contributed by atoms with Crippen LogP contribution in [0.1, 0.15) is 112 Å². The van der Waals surface area contributed by atoms with Gasteiger partial charge in [-0.05, 0) is 106 Å². The second kappa shape index (κ2) is 16.2. The number of nitrogens with zero attached hydrogens (tertiary/aromatic N) is 2. The van der Waals surface area contributed by atoms with Crippen molar-refractivity contribution in [1.29, 1.82) is 0 Å². The summed E-state index contributed by atoms with van der Waals surface area (Å²) < 4.78 is 6.36. The first-order chi connectivity index (χ1) is 19.8. The topological polar surface area (TPSA) is 34.0 Å². The highest BCUT2D eigenvalue weighted by atomic mass is 28.4. The summed E-state index contributed by atoms with van der Waals surface area (Å²) in [5.41, 5.74) is 3.68. The zero-order valence-electron chi connectivity index (χ0n) is 29.3. The predicted octanol–water partition coefficient (Wildman–Crippen LogP) is 10.7. The molecule has 0 aliphatic heterocycles. The molecule has 3 rings (SSSR count). The van der Waals surface area contributed by atoms with Gasteiger partial charge in [0, 0.05) is 12.2 Å². The van der Waals surface area contributed by atoms with E-state index in [4.69, 9.17) is 14.4 Å². The van der Waals surface area contributed by atoms with Crippen LogP contribution in [0.3, 0.4) is 0 Å². The SMILES string of the molecule is CC(C)C1CCCC(C(C)C)C1N=C(CCCO[Si](C)(C)C)C(=NC1C(C(C)C)CCCC1C(C)C)c1ccccc1. The Morgan fingerprint density at radius 1 is 0.690 bits per heavy atom. The minimum absolute atomic E-state index is 0.352. The van der Waals surface area contributed by atoms with Crippen LogP contribution in [0.5, 0.6) is 0 Å². The molecule has 42 heavy (non-hydrogen) atoms. The van der Waals surface area contributed by atoms with Crippen molar-refractivity contribution in [3.63, 3.8) is 0 Å². The lowest BCUT2D eigenvalue weighted by atomic mass is 9.68. The summed E-state index contributed by atoms with van der Waals surface area (Å²) in [6, 6.07) is 11.8. The molecule has 0 amide bonds. The van der Waals surface area contributed by atoms with Crippen molar-refractivity contribution in [2.75, 3.05) is 6.61 Å². The molecule has 4 heteroatoms. The number of rotatable bonds is 13. The number of hydrogen-bond donors (Lipinski definition) is 0. The maximum Gasteiger partial charge on any atom is 0.183 e. The van der Waals surface area contributed by atoms with E-state index < -0.39 is 8.32 Å². The van der Waals surface area contributed by atoms with Crippen LogP contribution in [0, 0.1) is 47.3 Å². The van der Waals surface area contributed by atoms with Crippen molar-refractivity contribution in [3.05, 3.63) is 35.9 Å². The molecule has 2 aliphatic carbocycles. The van der Waals surface area contributed by atoms with E-state index in [0.29, 0.717) is 59.4 Å². The molecule has 0 aromatic heterocycles. The van der Waals surface area contributed by atoms with E-state index in [1.807, 2.05) is 0 Å². The van der Waals surface area contributed by atoms with Crippen LogP contribution in [0.4, 0.5) is 0 Å². The lowest BCUT2D eigenvalue weighted by Crippen LogP contribution is -2.40. The fourth-order valence-corrected chi connectivity index (χ4v) is 8.65. The molecule has 0 N–H and O–H groups in total. The third-order valence-corrected chi connectivity index (χ3v) is 11.4. The van der Waals surface area contributed by atoms with E-state index in [0.717, 1.165) is 19.4 Å². The highest BCUT2D eigenvalue weighted by Gasteiger charge is 2.39. The Morgan fingerprint density at radius 3 is 1.52 bits per heavy atom. The molecule has 4 unspecified atom stereocenters. The van der Waals surface area contributed by atoms with Crippen molar-refractivity contribution in [2.24, 2.45) is 57.3 Å². The largest absolute Gasteiger partial charge is 0.418 e. The standard InChI is InChI=1S/C38H66N2OSi/c1-26(2)31-20-15-21-32(27(3)4)37(31)39-35(24-17-25-41-42(9,10)11)36(30-18-13-12-14-19-30)40-38-33(28(5)6)22-16-23-34(38)29(7)8/h12-14,18-19,26-29,31-34,37-38H,15-17,20-25H2,1-11H3. The van der Waals surface area contributed by atoms with E-state index in [1.165, 1.54) is 55.5 Å². The lowest BCUT2D eigenvalue weighted by molar-refractivity contribution is 0.142. The minimum Gasteiger partial charge on any atom is -0.418 e. The molecule has 1 aromatic rings. The molecule has 2 aliphatic rings. The summed E-state index contributed by atoms with van der Waals surface area (Å²) >= 11 is 0. The predicted molar refractivity (Wildman–Crippen MR) is 188 cm³/mol. The monoisotopic (exact) mass is 594 g/mol. The molecule has 0 heterocycles. The van der Waals surface area contributed by atoms with E-state index in [9.17, 15) is 0 Å². The molecule has 2 fully saturated rings. The Balaban J connectivity index is 2.19. The highest BCUT2D eigenvalue weighted by Crippen LogP contribution is 2.42. The maximum absolute atomic E-state index is 6.36. The third-order valence-electron chi connectivity index (χ3n) is 10.3. The van der Waals surface area contributed by atoms with Crippen molar-refractivity contribution >= 4 is 19.7 Å². The molecule has 238 valence electrons. The molecule has 1 aromatic carbocycles. The van der Waals surface area contributed by atoms with Crippen LogP contribution < -0.4 is 0 Å². The van der Waals surface area contributed by atoms with E-state index in [-0.39, 0.29) is 0 Å². The van der Waals surface area contributed by atoms with Crippen molar-refractivity contribution in [3.8, 4) is 0 Å². The second-order valence-electron chi connectivity index (χ2n) is 16.0. The van der Waals surface area contributed by atoms with Gasteiger partial charge in [-0.3, -0.25) is 9.98 Å². The average Bonchev–Trinajstić information content (AvgIpc) is 2.92. The third kappa shape index (κ3) is 9.88. The van der Waals surface area contributed by atoms with Gasteiger partial charge in [-0.15, -0.1) is 0 Å². The minimum atomic E-state index is -1.56. The van der Waals surface area contributed by atoms with E-state index >= 15 is 0 Å². The Hall–Kier alpha value is -1.26. The normalized spacial score (nSPS) is 28.4. The maximum atomic E-state index is 6.36. The van der Waals surface area contributed by atoms with Gasteiger partial charge in [-0.1, -0.05) is 98.6 Å². The van der Waals surface area contributed by atoms with Gasteiger partial charge in [0.2, 0.25) is 0 Å². The Labute approximate surface area is 262 Å². The summed E-state index contributed by atoms with van der Waals surface area (Å²) in [6.07, 6.45) is 9.80. The van der Waals surface area contributed by atoms with Gasteiger partial charge in [0.25, 0.3) is 0 Å². The fraction of sp³-hybridized carbons (Fsp3) is 0.789. The first-order valence-corrected chi connectivity index (χ1v) is 21.0. The van der Waals surface area contributed by atoms with Crippen LogP contribution in [-0.4, -0.2) is 38.4 Å². The highest BCUT2D eigenvalue weighted by molar-refractivity contribution is 6.69. The van der Waals surface area contributed by atoms with Crippen LogP contribution in [0.25, 0.3) is 0 Å². The Bertz CT molecular complexity index is 958. The molecular weight excluding hydrogens is 529 g/mol. The van der Waals surface area contributed by atoms with Gasteiger partial charge in [-0.2, -0.15) is 0 Å². The van der Waals surface area contributed by atoms with Crippen molar-refractivity contribution in [2.45, 2.75) is 138 Å². The molecule has 0 bridgehead atoms. The van der Waals surface area contributed by atoms with Gasteiger partial charge in [-0.25, -0.2) is 0 Å². The quantitative estimate of drug-likeness (QED) is 0.127.